The van der Waals surface area contributed by atoms with E-state index in [2.05, 4.69) is 0 Å². The molecule has 3 nitrogen and oxygen atoms in total. The van der Waals surface area contributed by atoms with Gasteiger partial charge in [0, 0.05) is 13.2 Å². The zero-order chi connectivity index (χ0) is 14.0. The fourth-order valence-corrected chi connectivity index (χ4v) is 2.09. The van der Waals surface area contributed by atoms with Gasteiger partial charge in [0.25, 0.3) is 5.91 Å². The molecular weight excluding hydrogens is 261 g/mol. The molecule has 2 atom stereocenters. The number of carbonyl (C=O) groups excluding carboxylic acids is 1. The largest absolute Gasteiger partial charge is 0.463 e. The minimum absolute atomic E-state index is 0.148. The molecule has 1 rings (SSSR count). The van der Waals surface area contributed by atoms with E-state index in [1.165, 1.54) is 0 Å². The second-order valence-electron chi connectivity index (χ2n) is 4.42. The third-order valence-electron chi connectivity index (χ3n) is 3.22. The van der Waals surface area contributed by atoms with E-state index in [0.29, 0.717) is 12.8 Å². The van der Waals surface area contributed by atoms with Gasteiger partial charge in [0.05, 0.1) is 0 Å². The molecule has 0 aromatic carbocycles. The molecule has 2 unspecified atom stereocenters. The number of carbonyl (C=O) groups is 1. The van der Waals surface area contributed by atoms with Crippen molar-refractivity contribution in [3.05, 3.63) is 0 Å². The number of hydrogen-bond donors (Lipinski definition) is 2. The van der Waals surface area contributed by atoms with Crippen molar-refractivity contribution in [3.8, 4) is 0 Å². The van der Waals surface area contributed by atoms with Crippen LogP contribution < -0.4 is 5.32 Å². The number of nitrogens with one attached hydrogen (secondary N) is 1. The molecule has 1 aliphatic rings. The van der Waals surface area contributed by atoms with Crippen molar-refractivity contribution >= 4 is 5.91 Å². The van der Waals surface area contributed by atoms with Crippen LogP contribution in [-0.2, 0) is 4.79 Å². The van der Waals surface area contributed by atoms with E-state index in [4.69, 9.17) is 5.11 Å². The summed E-state index contributed by atoms with van der Waals surface area (Å²) in [6.07, 6.45) is -3.83. The number of halogens is 5. The maximum absolute atomic E-state index is 12.6. The van der Waals surface area contributed by atoms with Crippen molar-refractivity contribution in [2.45, 2.75) is 31.4 Å². The van der Waals surface area contributed by atoms with Crippen LogP contribution in [0.25, 0.3) is 0 Å². The van der Waals surface area contributed by atoms with Crippen molar-refractivity contribution < 1.29 is 31.9 Å². The Bertz CT molecular complexity index is 305. The highest BCUT2D eigenvalue weighted by Gasteiger charge is 2.63. The zero-order valence-corrected chi connectivity index (χ0v) is 9.44. The summed E-state index contributed by atoms with van der Waals surface area (Å²) in [5.74, 6) is -8.10. The molecule has 18 heavy (non-hydrogen) atoms. The lowest BCUT2D eigenvalue weighted by atomic mass is 9.97. The van der Waals surface area contributed by atoms with Crippen molar-refractivity contribution in [2.24, 2.45) is 11.8 Å². The number of aliphatic hydroxyl groups is 1. The standard InChI is InChI=1S/C10H14F5NO2/c11-9(12,10(13,14)15)8(18)16-4-6-2-1-3-7(6)5-17/h6-7,17H,1-5H2,(H,16,18). The van der Waals surface area contributed by atoms with Gasteiger partial charge in [0.2, 0.25) is 0 Å². The maximum atomic E-state index is 12.6. The quantitative estimate of drug-likeness (QED) is 0.767. The summed E-state index contributed by atoms with van der Waals surface area (Å²) < 4.78 is 60.8. The Labute approximate surface area is 100 Å². The first-order chi connectivity index (χ1) is 8.20. The predicted molar refractivity (Wildman–Crippen MR) is 51.9 cm³/mol. The molecule has 0 bridgehead atoms. The summed E-state index contributed by atoms with van der Waals surface area (Å²) >= 11 is 0. The summed E-state index contributed by atoms with van der Waals surface area (Å²) in [4.78, 5) is 10.8. The molecule has 106 valence electrons. The smallest absolute Gasteiger partial charge is 0.396 e. The number of rotatable bonds is 4. The van der Waals surface area contributed by atoms with Crippen molar-refractivity contribution in [2.75, 3.05) is 13.2 Å². The summed E-state index contributed by atoms with van der Waals surface area (Å²) in [6.45, 7) is -0.425. The topological polar surface area (TPSA) is 49.3 Å². The first kappa shape index (κ1) is 15.1. The van der Waals surface area contributed by atoms with Crippen LogP contribution in [-0.4, -0.2) is 36.3 Å². The minimum atomic E-state index is -5.89. The molecule has 0 radical (unpaired) electrons. The number of hydrogen-bond acceptors (Lipinski definition) is 2. The first-order valence-corrected chi connectivity index (χ1v) is 5.54. The average molecular weight is 275 g/mol. The first-order valence-electron chi connectivity index (χ1n) is 5.54. The van der Waals surface area contributed by atoms with Crippen LogP contribution >= 0.6 is 0 Å². The molecule has 0 aromatic rings. The van der Waals surface area contributed by atoms with Gasteiger partial charge in [0.15, 0.2) is 0 Å². The van der Waals surface area contributed by atoms with Crippen LogP contribution in [0.2, 0.25) is 0 Å². The fourth-order valence-electron chi connectivity index (χ4n) is 2.09. The van der Waals surface area contributed by atoms with E-state index in [1.54, 1.807) is 5.32 Å². The average Bonchev–Trinajstić information content (AvgIpc) is 2.71. The summed E-state index contributed by atoms with van der Waals surface area (Å²) in [5.41, 5.74) is 0. The van der Waals surface area contributed by atoms with Crippen LogP contribution in [0.3, 0.4) is 0 Å². The van der Waals surface area contributed by atoms with Gasteiger partial charge in [-0.1, -0.05) is 6.42 Å². The third-order valence-corrected chi connectivity index (χ3v) is 3.22. The lowest BCUT2D eigenvalue weighted by molar-refractivity contribution is -0.269. The Morgan fingerprint density at radius 1 is 1.17 bits per heavy atom. The van der Waals surface area contributed by atoms with E-state index in [0.717, 1.165) is 6.42 Å². The van der Waals surface area contributed by atoms with Gasteiger partial charge in [-0.2, -0.15) is 22.0 Å². The Kier molecular flexibility index (Phi) is 4.52. The normalized spacial score (nSPS) is 25.2. The molecule has 1 aliphatic carbocycles. The molecule has 0 spiro atoms. The van der Waals surface area contributed by atoms with Crippen LogP contribution in [0.4, 0.5) is 22.0 Å². The Balaban J connectivity index is 2.51. The maximum Gasteiger partial charge on any atom is 0.463 e. The highest BCUT2D eigenvalue weighted by molar-refractivity contribution is 5.84. The van der Waals surface area contributed by atoms with E-state index in [-0.39, 0.29) is 25.0 Å². The summed E-state index contributed by atoms with van der Waals surface area (Å²) in [5, 5.41) is 10.6. The van der Waals surface area contributed by atoms with E-state index in [9.17, 15) is 26.7 Å². The predicted octanol–water partition coefficient (Wildman–Crippen LogP) is 1.71. The molecule has 1 amide bonds. The molecule has 1 saturated carbocycles. The van der Waals surface area contributed by atoms with Crippen molar-refractivity contribution in [3.63, 3.8) is 0 Å². The van der Waals surface area contributed by atoms with Crippen LogP contribution in [0.15, 0.2) is 0 Å². The van der Waals surface area contributed by atoms with Gasteiger partial charge in [0.1, 0.15) is 0 Å². The molecule has 0 aliphatic heterocycles. The Morgan fingerprint density at radius 2 is 1.72 bits per heavy atom. The van der Waals surface area contributed by atoms with Crippen LogP contribution in [0.5, 0.6) is 0 Å². The van der Waals surface area contributed by atoms with Crippen LogP contribution in [0.1, 0.15) is 19.3 Å². The van der Waals surface area contributed by atoms with E-state index >= 15 is 0 Å². The molecule has 0 heterocycles. The minimum Gasteiger partial charge on any atom is -0.396 e. The van der Waals surface area contributed by atoms with Crippen molar-refractivity contribution in [1.82, 2.24) is 5.32 Å². The number of amides is 1. The second-order valence-corrected chi connectivity index (χ2v) is 4.42. The Hall–Kier alpha value is -0.920. The summed E-state index contributed by atoms with van der Waals surface area (Å²) in [6, 6.07) is 0. The second kappa shape index (κ2) is 5.38. The van der Waals surface area contributed by atoms with E-state index in [1.807, 2.05) is 0 Å². The van der Waals surface area contributed by atoms with Gasteiger partial charge in [-0.15, -0.1) is 0 Å². The molecule has 0 aromatic heterocycles. The third kappa shape index (κ3) is 3.09. The lowest BCUT2D eigenvalue weighted by Crippen LogP contribution is -2.51. The Morgan fingerprint density at radius 3 is 2.22 bits per heavy atom. The van der Waals surface area contributed by atoms with Crippen molar-refractivity contribution in [1.29, 1.82) is 0 Å². The zero-order valence-electron chi connectivity index (χ0n) is 9.44. The molecule has 2 N–H and O–H groups in total. The fraction of sp³-hybridized carbons (Fsp3) is 0.900. The van der Waals surface area contributed by atoms with Gasteiger partial charge >= 0.3 is 12.1 Å². The number of aliphatic hydroxyl groups excluding tert-OH is 1. The lowest BCUT2D eigenvalue weighted by Gasteiger charge is -2.22. The van der Waals surface area contributed by atoms with E-state index < -0.39 is 18.0 Å². The van der Waals surface area contributed by atoms with Gasteiger partial charge in [-0.3, -0.25) is 4.79 Å². The van der Waals surface area contributed by atoms with Crippen LogP contribution in [0, 0.1) is 11.8 Å². The molecule has 0 saturated heterocycles. The van der Waals surface area contributed by atoms with Gasteiger partial charge in [-0.25, -0.2) is 0 Å². The summed E-state index contributed by atoms with van der Waals surface area (Å²) in [7, 11) is 0. The molecular formula is C10H14F5NO2. The molecule has 8 heteroatoms. The monoisotopic (exact) mass is 275 g/mol. The highest BCUT2D eigenvalue weighted by atomic mass is 19.4. The van der Waals surface area contributed by atoms with Gasteiger partial charge in [-0.05, 0) is 24.7 Å². The van der Waals surface area contributed by atoms with Gasteiger partial charge < -0.3 is 10.4 Å². The highest BCUT2D eigenvalue weighted by Crippen LogP contribution is 2.36. The SMILES string of the molecule is O=C(NCC1CCCC1CO)C(F)(F)C(F)(F)F. The molecule has 1 fully saturated rings. The number of alkyl halides is 5.